The molecule has 3 heteroatoms. The van der Waals surface area contributed by atoms with Crippen LogP contribution in [0.15, 0.2) is 0 Å². The van der Waals surface area contributed by atoms with Crippen LogP contribution in [0.2, 0.25) is 0 Å². The Kier molecular flexibility index (Phi) is 7.09. The van der Waals surface area contributed by atoms with Gasteiger partial charge >= 0.3 is 0 Å². The van der Waals surface area contributed by atoms with E-state index in [0.29, 0.717) is 18.2 Å². The molecule has 3 nitrogen and oxygen atoms in total. The smallest absolute Gasteiger partial charge is 0.0604 e. The molecule has 17 heavy (non-hydrogen) atoms. The monoisotopic (exact) mass is 242 g/mol. The minimum Gasteiger partial charge on any atom is -0.378 e. The van der Waals surface area contributed by atoms with E-state index in [1.54, 1.807) is 0 Å². The first-order valence-corrected chi connectivity index (χ1v) is 7.22. The summed E-state index contributed by atoms with van der Waals surface area (Å²) in [5.41, 5.74) is 5.75. The fraction of sp³-hybridized carbons (Fsp3) is 1.00. The SMILES string of the molecule is CCOC1CC(NCC(C)CCCC(C)N)C1. The maximum absolute atomic E-state index is 5.75. The van der Waals surface area contributed by atoms with Crippen LogP contribution < -0.4 is 11.1 Å². The molecule has 1 rings (SSSR count). The van der Waals surface area contributed by atoms with E-state index in [0.717, 1.165) is 25.5 Å². The summed E-state index contributed by atoms with van der Waals surface area (Å²) in [6.45, 7) is 8.48. The molecule has 0 aromatic heterocycles. The van der Waals surface area contributed by atoms with E-state index >= 15 is 0 Å². The minimum atomic E-state index is 0.355. The Labute approximate surface area is 106 Å². The van der Waals surface area contributed by atoms with Gasteiger partial charge in [0.2, 0.25) is 0 Å². The zero-order valence-corrected chi connectivity index (χ0v) is 11.7. The van der Waals surface area contributed by atoms with Crippen molar-refractivity contribution < 1.29 is 4.74 Å². The van der Waals surface area contributed by atoms with Crippen LogP contribution in [0.3, 0.4) is 0 Å². The molecule has 1 aliphatic rings. The van der Waals surface area contributed by atoms with E-state index in [-0.39, 0.29) is 0 Å². The van der Waals surface area contributed by atoms with Crippen molar-refractivity contribution in [3.8, 4) is 0 Å². The first kappa shape index (κ1) is 14.9. The Morgan fingerprint density at radius 2 is 2.00 bits per heavy atom. The van der Waals surface area contributed by atoms with Gasteiger partial charge in [-0.25, -0.2) is 0 Å². The summed E-state index contributed by atoms with van der Waals surface area (Å²) in [6, 6.07) is 1.05. The average Bonchev–Trinajstić information content (AvgIpc) is 2.20. The number of hydrogen-bond donors (Lipinski definition) is 2. The first-order valence-electron chi connectivity index (χ1n) is 7.22. The van der Waals surface area contributed by atoms with Gasteiger partial charge < -0.3 is 15.8 Å². The normalized spacial score (nSPS) is 27.5. The van der Waals surface area contributed by atoms with Crippen LogP contribution in [0, 0.1) is 5.92 Å². The third kappa shape index (κ3) is 6.39. The Hall–Kier alpha value is -0.120. The predicted octanol–water partition coefficient (Wildman–Crippen LogP) is 2.30. The topological polar surface area (TPSA) is 47.3 Å². The lowest BCUT2D eigenvalue weighted by atomic mass is 9.88. The van der Waals surface area contributed by atoms with Gasteiger partial charge in [-0.1, -0.05) is 13.3 Å². The molecule has 0 aliphatic heterocycles. The maximum Gasteiger partial charge on any atom is 0.0604 e. The molecule has 1 saturated carbocycles. The van der Waals surface area contributed by atoms with E-state index < -0.39 is 0 Å². The van der Waals surface area contributed by atoms with Crippen molar-refractivity contribution >= 4 is 0 Å². The molecule has 0 saturated heterocycles. The predicted molar refractivity (Wildman–Crippen MR) is 73.1 cm³/mol. The summed E-state index contributed by atoms with van der Waals surface area (Å²) < 4.78 is 5.55. The van der Waals surface area contributed by atoms with Gasteiger partial charge in [-0.3, -0.25) is 0 Å². The highest BCUT2D eigenvalue weighted by Gasteiger charge is 2.28. The molecule has 2 unspecified atom stereocenters. The summed E-state index contributed by atoms with van der Waals surface area (Å²) in [5, 5.41) is 3.63. The number of nitrogens with two attached hydrogens (primary N) is 1. The molecule has 1 fully saturated rings. The van der Waals surface area contributed by atoms with E-state index in [2.05, 4.69) is 26.1 Å². The molecule has 0 bridgehead atoms. The van der Waals surface area contributed by atoms with Crippen LogP contribution in [0.5, 0.6) is 0 Å². The van der Waals surface area contributed by atoms with Crippen LogP contribution in [-0.2, 0) is 4.74 Å². The Morgan fingerprint density at radius 1 is 1.29 bits per heavy atom. The van der Waals surface area contributed by atoms with Gasteiger partial charge in [-0.2, -0.15) is 0 Å². The molecule has 0 radical (unpaired) electrons. The maximum atomic E-state index is 5.75. The lowest BCUT2D eigenvalue weighted by molar-refractivity contribution is -0.0105. The Bertz CT molecular complexity index is 191. The van der Waals surface area contributed by atoms with Crippen molar-refractivity contribution in [2.45, 2.75) is 71.1 Å². The molecule has 0 spiro atoms. The zero-order valence-electron chi connectivity index (χ0n) is 11.7. The summed E-state index contributed by atoms with van der Waals surface area (Å²) in [6.07, 6.45) is 6.61. The van der Waals surface area contributed by atoms with Crippen LogP contribution in [-0.4, -0.2) is 31.3 Å². The average molecular weight is 242 g/mol. The van der Waals surface area contributed by atoms with Crippen molar-refractivity contribution in [2.24, 2.45) is 11.7 Å². The molecule has 2 atom stereocenters. The van der Waals surface area contributed by atoms with Gasteiger partial charge in [0.25, 0.3) is 0 Å². The summed E-state index contributed by atoms with van der Waals surface area (Å²) in [4.78, 5) is 0. The molecule has 3 N–H and O–H groups in total. The largest absolute Gasteiger partial charge is 0.378 e. The Balaban J connectivity index is 1.92. The van der Waals surface area contributed by atoms with E-state index in [9.17, 15) is 0 Å². The fourth-order valence-electron chi connectivity index (χ4n) is 2.36. The highest BCUT2D eigenvalue weighted by molar-refractivity contribution is 4.86. The third-order valence-corrected chi connectivity index (χ3v) is 3.61. The molecule has 0 aromatic carbocycles. The molecule has 1 aliphatic carbocycles. The van der Waals surface area contributed by atoms with E-state index in [4.69, 9.17) is 10.5 Å². The lowest BCUT2D eigenvalue weighted by Gasteiger charge is -2.36. The minimum absolute atomic E-state index is 0.355. The van der Waals surface area contributed by atoms with Crippen molar-refractivity contribution in [3.63, 3.8) is 0 Å². The highest BCUT2D eigenvalue weighted by atomic mass is 16.5. The van der Waals surface area contributed by atoms with Gasteiger partial charge in [-0.05, 0) is 52.0 Å². The number of ether oxygens (including phenoxy) is 1. The molecule has 102 valence electrons. The molecular formula is C14H30N2O. The van der Waals surface area contributed by atoms with Gasteiger partial charge in [0.05, 0.1) is 6.10 Å². The molecule has 0 aromatic rings. The van der Waals surface area contributed by atoms with Crippen LogP contribution in [0.4, 0.5) is 0 Å². The lowest BCUT2D eigenvalue weighted by Crippen LogP contribution is -2.46. The second-order valence-electron chi connectivity index (χ2n) is 5.67. The third-order valence-electron chi connectivity index (χ3n) is 3.61. The van der Waals surface area contributed by atoms with Crippen molar-refractivity contribution in [1.29, 1.82) is 0 Å². The number of hydrogen-bond acceptors (Lipinski definition) is 3. The highest BCUT2D eigenvalue weighted by Crippen LogP contribution is 2.23. The zero-order chi connectivity index (χ0) is 12.7. The van der Waals surface area contributed by atoms with Crippen LogP contribution >= 0.6 is 0 Å². The quantitative estimate of drug-likeness (QED) is 0.652. The first-order chi connectivity index (χ1) is 8.11. The van der Waals surface area contributed by atoms with Gasteiger partial charge in [-0.15, -0.1) is 0 Å². The Morgan fingerprint density at radius 3 is 2.59 bits per heavy atom. The molecular weight excluding hydrogens is 212 g/mol. The number of rotatable bonds is 9. The van der Waals surface area contributed by atoms with Gasteiger partial charge in [0.1, 0.15) is 0 Å². The second-order valence-corrected chi connectivity index (χ2v) is 5.67. The standard InChI is InChI=1S/C14H30N2O/c1-4-17-14-8-13(9-14)16-10-11(2)6-5-7-12(3)15/h11-14,16H,4-10,15H2,1-3H3. The summed E-state index contributed by atoms with van der Waals surface area (Å²) in [5.74, 6) is 0.764. The van der Waals surface area contributed by atoms with Crippen molar-refractivity contribution in [3.05, 3.63) is 0 Å². The summed E-state index contributed by atoms with van der Waals surface area (Å²) in [7, 11) is 0. The van der Waals surface area contributed by atoms with Crippen molar-refractivity contribution in [1.82, 2.24) is 5.32 Å². The van der Waals surface area contributed by atoms with Crippen molar-refractivity contribution in [2.75, 3.05) is 13.2 Å². The fourth-order valence-corrected chi connectivity index (χ4v) is 2.36. The van der Waals surface area contributed by atoms with Crippen LogP contribution in [0.25, 0.3) is 0 Å². The van der Waals surface area contributed by atoms with Gasteiger partial charge in [0, 0.05) is 18.7 Å². The number of nitrogens with one attached hydrogen (secondary N) is 1. The molecule has 0 amide bonds. The second kappa shape index (κ2) is 8.06. The van der Waals surface area contributed by atoms with E-state index in [1.165, 1.54) is 25.7 Å². The van der Waals surface area contributed by atoms with Crippen LogP contribution in [0.1, 0.15) is 52.9 Å². The summed E-state index contributed by atoms with van der Waals surface area (Å²) >= 11 is 0. The van der Waals surface area contributed by atoms with E-state index in [1.807, 2.05) is 0 Å². The molecule has 0 heterocycles. The van der Waals surface area contributed by atoms with Gasteiger partial charge in [0.15, 0.2) is 0 Å².